The van der Waals surface area contributed by atoms with Crippen molar-refractivity contribution < 1.29 is 19.2 Å². The Morgan fingerprint density at radius 2 is 1.94 bits per heavy atom. The standard InChI is InChI=1S/C27H34N4O4S/c1-15(2)21-11-23(35-30-21)24(16(3)4)27(34)31-13-20(32)10-22(31)26(33)28-12-18-6-8-19(9-7-18)25-17(5)29-14-36-25/h6-9,11,14-16,20,22,24,32H,10,12-13H2,1-5H3,(H,28,33)/t20-,22+,24?/m1/s1. The molecule has 2 amide bonds. The molecule has 0 aliphatic carbocycles. The van der Waals surface area contributed by atoms with E-state index in [-0.39, 0.29) is 36.6 Å². The zero-order chi connectivity index (χ0) is 26.0. The maximum Gasteiger partial charge on any atom is 0.243 e. The number of benzene rings is 1. The molecule has 1 aliphatic heterocycles. The van der Waals surface area contributed by atoms with Crippen molar-refractivity contribution in [3.05, 3.63) is 58.6 Å². The fourth-order valence-electron chi connectivity index (χ4n) is 4.60. The van der Waals surface area contributed by atoms with Gasteiger partial charge in [0.25, 0.3) is 0 Å². The van der Waals surface area contributed by atoms with E-state index >= 15 is 0 Å². The molecule has 1 saturated heterocycles. The number of hydrogen-bond donors (Lipinski definition) is 2. The minimum Gasteiger partial charge on any atom is -0.391 e. The van der Waals surface area contributed by atoms with Crippen LogP contribution in [-0.4, -0.2) is 50.7 Å². The van der Waals surface area contributed by atoms with Gasteiger partial charge < -0.3 is 19.8 Å². The van der Waals surface area contributed by atoms with Gasteiger partial charge in [-0.1, -0.05) is 57.1 Å². The second-order valence-electron chi connectivity index (χ2n) is 10.1. The molecule has 1 unspecified atom stereocenters. The number of carbonyl (C=O) groups is 2. The van der Waals surface area contributed by atoms with Gasteiger partial charge in [-0.2, -0.15) is 0 Å². The van der Waals surface area contributed by atoms with Crippen LogP contribution in [0.2, 0.25) is 0 Å². The number of carbonyl (C=O) groups excluding carboxylic acids is 2. The number of aromatic nitrogens is 2. The summed E-state index contributed by atoms with van der Waals surface area (Å²) >= 11 is 1.60. The molecule has 8 nitrogen and oxygen atoms in total. The third-order valence-corrected chi connectivity index (χ3v) is 7.65. The summed E-state index contributed by atoms with van der Waals surface area (Å²) in [6, 6.07) is 9.09. The van der Waals surface area contributed by atoms with Crippen LogP contribution in [0.1, 0.15) is 68.7 Å². The van der Waals surface area contributed by atoms with Crippen molar-refractivity contribution in [2.45, 2.75) is 71.6 Å². The topological polar surface area (TPSA) is 109 Å². The molecular weight excluding hydrogens is 476 g/mol. The van der Waals surface area contributed by atoms with E-state index in [4.69, 9.17) is 4.52 Å². The molecule has 0 saturated carbocycles. The van der Waals surface area contributed by atoms with Crippen molar-refractivity contribution in [1.29, 1.82) is 0 Å². The van der Waals surface area contributed by atoms with E-state index in [2.05, 4.69) is 15.5 Å². The fraction of sp³-hybridized carbons (Fsp3) is 0.481. The first-order chi connectivity index (χ1) is 17.2. The summed E-state index contributed by atoms with van der Waals surface area (Å²) in [4.78, 5) is 33.7. The van der Waals surface area contributed by atoms with Crippen LogP contribution in [0.15, 0.2) is 40.4 Å². The van der Waals surface area contributed by atoms with Crippen molar-refractivity contribution in [1.82, 2.24) is 20.4 Å². The summed E-state index contributed by atoms with van der Waals surface area (Å²) < 4.78 is 5.54. The Kier molecular flexibility index (Phi) is 7.90. The lowest BCUT2D eigenvalue weighted by molar-refractivity contribution is -0.141. The van der Waals surface area contributed by atoms with Gasteiger partial charge in [-0.3, -0.25) is 9.59 Å². The van der Waals surface area contributed by atoms with E-state index in [9.17, 15) is 14.7 Å². The van der Waals surface area contributed by atoms with Gasteiger partial charge in [-0.05, 0) is 29.9 Å². The molecular formula is C27H34N4O4S. The van der Waals surface area contributed by atoms with E-state index in [1.54, 1.807) is 11.3 Å². The number of aliphatic hydroxyl groups excluding tert-OH is 1. The first-order valence-electron chi connectivity index (χ1n) is 12.4. The third kappa shape index (κ3) is 5.52. The van der Waals surface area contributed by atoms with Crippen LogP contribution in [0.5, 0.6) is 0 Å². The molecule has 2 aromatic heterocycles. The van der Waals surface area contributed by atoms with E-state index in [0.29, 0.717) is 12.3 Å². The average molecular weight is 511 g/mol. The average Bonchev–Trinajstić information content (AvgIpc) is 3.58. The van der Waals surface area contributed by atoms with Crippen LogP contribution < -0.4 is 5.32 Å². The molecule has 1 fully saturated rings. The maximum absolute atomic E-state index is 13.6. The lowest BCUT2D eigenvalue weighted by Gasteiger charge is -2.28. The number of likely N-dealkylation sites (tertiary alicyclic amines) is 1. The lowest BCUT2D eigenvalue weighted by Crippen LogP contribution is -2.48. The summed E-state index contributed by atoms with van der Waals surface area (Å²) in [6.07, 6.45) is -0.542. The Morgan fingerprint density at radius 1 is 1.22 bits per heavy atom. The van der Waals surface area contributed by atoms with E-state index in [1.807, 2.05) is 70.5 Å². The van der Waals surface area contributed by atoms with Crippen molar-refractivity contribution in [2.24, 2.45) is 5.92 Å². The Hall–Kier alpha value is -3.04. The van der Waals surface area contributed by atoms with Crippen LogP contribution in [0.3, 0.4) is 0 Å². The highest BCUT2D eigenvalue weighted by Crippen LogP contribution is 2.32. The number of β-amino-alcohol motifs (C(OH)–C–C–N with tert-alkyl or cyclic N) is 1. The first-order valence-corrected chi connectivity index (χ1v) is 13.3. The van der Waals surface area contributed by atoms with Gasteiger partial charge in [0.1, 0.15) is 17.7 Å². The van der Waals surface area contributed by atoms with E-state index in [0.717, 1.165) is 27.4 Å². The number of aliphatic hydroxyl groups is 1. The highest BCUT2D eigenvalue weighted by molar-refractivity contribution is 7.13. The van der Waals surface area contributed by atoms with Crippen molar-refractivity contribution >= 4 is 23.2 Å². The molecule has 3 heterocycles. The van der Waals surface area contributed by atoms with Crippen LogP contribution in [-0.2, 0) is 16.1 Å². The molecule has 1 aliphatic rings. The van der Waals surface area contributed by atoms with Crippen LogP contribution in [0.25, 0.3) is 10.4 Å². The summed E-state index contributed by atoms with van der Waals surface area (Å²) in [7, 11) is 0. The highest BCUT2D eigenvalue weighted by Gasteiger charge is 2.43. The predicted molar refractivity (Wildman–Crippen MR) is 138 cm³/mol. The zero-order valence-corrected chi connectivity index (χ0v) is 22.2. The molecule has 0 bridgehead atoms. The fourth-order valence-corrected chi connectivity index (χ4v) is 5.41. The Labute approximate surface area is 215 Å². The Balaban J connectivity index is 1.44. The summed E-state index contributed by atoms with van der Waals surface area (Å²) in [5.74, 6) is -0.461. The quantitative estimate of drug-likeness (QED) is 0.469. The summed E-state index contributed by atoms with van der Waals surface area (Å²) in [6.45, 7) is 10.4. The van der Waals surface area contributed by atoms with Gasteiger partial charge >= 0.3 is 0 Å². The lowest BCUT2D eigenvalue weighted by atomic mass is 9.90. The molecule has 1 aromatic carbocycles. The minimum absolute atomic E-state index is 0.0624. The molecule has 36 heavy (non-hydrogen) atoms. The second kappa shape index (κ2) is 10.9. The number of amides is 2. The molecule has 3 aromatic rings. The Bertz CT molecular complexity index is 1200. The number of aryl methyl sites for hydroxylation is 1. The normalized spacial score (nSPS) is 18.7. The number of nitrogens with one attached hydrogen (secondary N) is 1. The SMILES string of the molecule is Cc1ncsc1-c1ccc(CNC(=O)[C@@H]2C[C@@H](O)CN2C(=O)C(c2cc(C(C)C)no2)C(C)C)cc1. The first kappa shape index (κ1) is 26.0. The molecule has 4 rings (SSSR count). The van der Waals surface area contributed by atoms with Crippen molar-refractivity contribution in [3.63, 3.8) is 0 Å². The van der Waals surface area contributed by atoms with Gasteiger partial charge in [0.2, 0.25) is 11.8 Å². The number of nitrogens with zero attached hydrogens (tertiary/aromatic N) is 3. The molecule has 3 atom stereocenters. The molecule has 9 heteroatoms. The zero-order valence-electron chi connectivity index (χ0n) is 21.4. The summed E-state index contributed by atoms with van der Waals surface area (Å²) in [5.41, 5.74) is 5.66. The maximum atomic E-state index is 13.6. The number of rotatable bonds is 8. The molecule has 2 N–H and O–H groups in total. The van der Waals surface area contributed by atoms with Crippen LogP contribution in [0, 0.1) is 12.8 Å². The molecule has 0 spiro atoms. The minimum atomic E-state index is -0.750. The van der Waals surface area contributed by atoms with Crippen LogP contribution >= 0.6 is 11.3 Å². The van der Waals surface area contributed by atoms with Gasteiger partial charge in [0.05, 0.1) is 27.9 Å². The Morgan fingerprint density at radius 3 is 2.53 bits per heavy atom. The van der Waals surface area contributed by atoms with Crippen molar-refractivity contribution in [2.75, 3.05) is 6.54 Å². The number of hydrogen-bond acceptors (Lipinski definition) is 7. The van der Waals surface area contributed by atoms with E-state index in [1.165, 1.54) is 4.90 Å². The van der Waals surface area contributed by atoms with Crippen molar-refractivity contribution in [3.8, 4) is 10.4 Å². The predicted octanol–water partition coefficient (Wildman–Crippen LogP) is 4.25. The van der Waals surface area contributed by atoms with Crippen LogP contribution in [0.4, 0.5) is 0 Å². The van der Waals surface area contributed by atoms with Gasteiger partial charge in [-0.15, -0.1) is 11.3 Å². The third-order valence-electron chi connectivity index (χ3n) is 6.67. The van der Waals surface area contributed by atoms with Gasteiger partial charge in [-0.25, -0.2) is 4.98 Å². The second-order valence-corrected chi connectivity index (χ2v) is 11.0. The number of thiazole rings is 1. The van der Waals surface area contributed by atoms with E-state index < -0.39 is 18.1 Å². The molecule has 192 valence electrons. The van der Waals surface area contributed by atoms with Gasteiger partial charge in [0, 0.05) is 25.6 Å². The smallest absolute Gasteiger partial charge is 0.243 e. The highest BCUT2D eigenvalue weighted by atomic mass is 32.1. The monoisotopic (exact) mass is 510 g/mol. The summed E-state index contributed by atoms with van der Waals surface area (Å²) in [5, 5.41) is 17.4. The largest absolute Gasteiger partial charge is 0.391 e. The van der Waals surface area contributed by atoms with Gasteiger partial charge in [0.15, 0.2) is 0 Å². The molecule has 0 radical (unpaired) electrons.